The maximum Gasteiger partial charge on any atom is 0.103 e. The Kier molecular flexibility index (Phi) is 5.82. The van der Waals surface area contributed by atoms with Gasteiger partial charge >= 0.3 is 0 Å². The van der Waals surface area contributed by atoms with Crippen LogP contribution in [0.5, 0.6) is 0 Å². The van der Waals surface area contributed by atoms with Gasteiger partial charge in [-0.2, -0.15) is 0 Å². The molecule has 0 spiro atoms. The number of nitrogens with one attached hydrogen (secondary N) is 3. The first kappa shape index (κ1) is 21.5. The van der Waals surface area contributed by atoms with E-state index >= 15 is 0 Å². The second-order valence-electron chi connectivity index (χ2n) is 9.72. The van der Waals surface area contributed by atoms with Crippen LogP contribution in [-0.2, 0) is 6.42 Å². The summed E-state index contributed by atoms with van der Waals surface area (Å²) in [6, 6.07) is 5.95. The van der Waals surface area contributed by atoms with Gasteiger partial charge in [-0.15, -0.1) is 0 Å². The lowest BCUT2D eigenvalue weighted by Crippen LogP contribution is -2.47. The zero-order valence-electron chi connectivity index (χ0n) is 18.9. The molecule has 3 fully saturated rings. The third-order valence-corrected chi connectivity index (χ3v) is 7.00. The highest BCUT2D eigenvalue weighted by atomic mass is 15.3. The van der Waals surface area contributed by atoms with Gasteiger partial charge in [0.05, 0.1) is 11.4 Å². The molecule has 0 amide bonds. The smallest absolute Gasteiger partial charge is 0.103 e. The van der Waals surface area contributed by atoms with E-state index in [2.05, 4.69) is 34.7 Å². The van der Waals surface area contributed by atoms with Crippen molar-refractivity contribution in [1.29, 1.82) is 10.8 Å². The van der Waals surface area contributed by atoms with Crippen molar-refractivity contribution in [3.63, 3.8) is 0 Å². The molecule has 2 aliphatic carbocycles. The molecule has 1 heterocycles. The van der Waals surface area contributed by atoms with Gasteiger partial charge in [0.1, 0.15) is 5.82 Å². The molecule has 6 nitrogen and oxygen atoms in total. The molecular weight excluding hydrogens is 384 g/mol. The van der Waals surface area contributed by atoms with E-state index in [0.29, 0.717) is 22.6 Å². The van der Waals surface area contributed by atoms with Gasteiger partial charge in [-0.3, -0.25) is 10.8 Å². The normalized spacial score (nSPS) is 20.4. The Bertz CT molecular complexity index is 914. The maximum atomic E-state index is 8.63. The molecule has 166 valence electrons. The molecule has 4 rings (SSSR count). The SMILES string of the molecule is C=C(C1CC1)N1CCN(/C(=C/C(=N)C(=N)c2cc(CC3(C)CC3)ccc2N)NC)CC1. The molecule has 1 aromatic rings. The second-order valence-corrected chi connectivity index (χ2v) is 9.72. The molecule has 0 unspecified atom stereocenters. The molecule has 31 heavy (non-hydrogen) atoms. The van der Waals surface area contributed by atoms with Gasteiger partial charge in [-0.25, -0.2) is 0 Å². The first-order chi connectivity index (χ1) is 14.8. The quantitative estimate of drug-likeness (QED) is 0.363. The van der Waals surface area contributed by atoms with Crippen LogP contribution in [0.3, 0.4) is 0 Å². The van der Waals surface area contributed by atoms with E-state index in [9.17, 15) is 0 Å². The molecule has 6 heteroatoms. The van der Waals surface area contributed by atoms with Crippen molar-refractivity contribution in [3.05, 3.63) is 53.5 Å². The zero-order valence-corrected chi connectivity index (χ0v) is 18.9. The van der Waals surface area contributed by atoms with Crippen LogP contribution < -0.4 is 11.1 Å². The Balaban J connectivity index is 1.42. The minimum absolute atomic E-state index is 0.175. The summed E-state index contributed by atoms with van der Waals surface area (Å²) in [6.45, 7) is 10.3. The molecule has 2 saturated carbocycles. The fourth-order valence-electron chi connectivity index (χ4n) is 4.40. The molecular formula is C25H36N6. The fourth-order valence-corrected chi connectivity index (χ4v) is 4.40. The zero-order chi connectivity index (χ0) is 22.2. The molecule has 1 aliphatic heterocycles. The van der Waals surface area contributed by atoms with E-state index < -0.39 is 0 Å². The Hall–Kier alpha value is -2.76. The Morgan fingerprint density at radius 2 is 1.84 bits per heavy atom. The molecule has 3 aliphatic rings. The van der Waals surface area contributed by atoms with Gasteiger partial charge in [0, 0.05) is 56.3 Å². The average molecular weight is 421 g/mol. The topological polar surface area (TPSA) is 92.2 Å². The summed E-state index contributed by atoms with van der Waals surface area (Å²) in [5.74, 6) is 1.58. The Labute approximate surface area is 186 Å². The lowest BCUT2D eigenvalue weighted by atomic mass is 9.94. The predicted octanol–water partition coefficient (Wildman–Crippen LogP) is 3.60. The number of anilines is 1. The van der Waals surface area contributed by atoms with Crippen LogP contribution in [0, 0.1) is 22.2 Å². The maximum absolute atomic E-state index is 8.63. The molecule has 0 bridgehead atoms. The molecule has 0 atom stereocenters. The number of hydrogen-bond donors (Lipinski definition) is 4. The van der Waals surface area contributed by atoms with Gasteiger partial charge in [0.2, 0.25) is 0 Å². The summed E-state index contributed by atoms with van der Waals surface area (Å²) in [7, 11) is 1.88. The summed E-state index contributed by atoms with van der Waals surface area (Å²) in [4.78, 5) is 4.66. The van der Waals surface area contributed by atoms with Crippen LogP contribution in [0.15, 0.2) is 42.4 Å². The van der Waals surface area contributed by atoms with Crippen molar-refractivity contribution >= 4 is 17.1 Å². The number of nitrogens with zero attached hydrogens (tertiary/aromatic N) is 2. The molecule has 0 aromatic heterocycles. The van der Waals surface area contributed by atoms with E-state index in [0.717, 1.165) is 38.4 Å². The highest BCUT2D eigenvalue weighted by molar-refractivity contribution is 6.50. The first-order valence-corrected chi connectivity index (χ1v) is 11.4. The molecule has 5 N–H and O–H groups in total. The number of nitrogen functional groups attached to an aromatic ring is 1. The summed E-state index contributed by atoms with van der Waals surface area (Å²) < 4.78 is 0. The Morgan fingerprint density at radius 3 is 2.42 bits per heavy atom. The number of allylic oxidation sites excluding steroid dienone is 2. The number of benzene rings is 1. The number of hydrogen-bond acceptors (Lipinski definition) is 6. The van der Waals surface area contributed by atoms with Gasteiger partial charge < -0.3 is 20.9 Å². The van der Waals surface area contributed by atoms with E-state index in [1.165, 1.54) is 36.9 Å². The predicted molar refractivity (Wildman–Crippen MR) is 129 cm³/mol. The van der Waals surface area contributed by atoms with Crippen molar-refractivity contribution < 1.29 is 0 Å². The van der Waals surface area contributed by atoms with Crippen molar-refractivity contribution in [2.75, 3.05) is 39.0 Å². The summed E-state index contributed by atoms with van der Waals surface area (Å²) in [5, 5.41) is 20.4. The van der Waals surface area contributed by atoms with Crippen LogP contribution >= 0.6 is 0 Å². The highest BCUT2D eigenvalue weighted by Gasteiger charge is 2.37. The lowest BCUT2D eigenvalue weighted by molar-refractivity contribution is 0.180. The summed E-state index contributed by atoms with van der Waals surface area (Å²) in [6.07, 6.45) is 7.86. The Morgan fingerprint density at radius 1 is 1.19 bits per heavy atom. The number of nitrogens with two attached hydrogens (primary N) is 1. The van der Waals surface area contributed by atoms with Crippen LogP contribution in [0.25, 0.3) is 0 Å². The first-order valence-electron chi connectivity index (χ1n) is 11.4. The van der Waals surface area contributed by atoms with Crippen molar-refractivity contribution in [1.82, 2.24) is 15.1 Å². The van der Waals surface area contributed by atoms with Gasteiger partial charge in [-0.05, 0) is 61.1 Å². The monoisotopic (exact) mass is 420 g/mol. The average Bonchev–Trinajstić information content (AvgIpc) is 3.70. The largest absolute Gasteiger partial charge is 0.398 e. The van der Waals surface area contributed by atoms with Crippen molar-refractivity contribution in [2.24, 2.45) is 11.3 Å². The molecule has 1 saturated heterocycles. The van der Waals surface area contributed by atoms with Crippen molar-refractivity contribution in [2.45, 2.75) is 39.0 Å². The highest BCUT2D eigenvalue weighted by Crippen LogP contribution is 2.47. The lowest BCUT2D eigenvalue weighted by Gasteiger charge is -2.39. The van der Waals surface area contributed by atoms with Crippen LogP contribution in [0.1, 0.15) is 43.7 Å². The second kappa shape index (κ2) is 8.40. The van der Waals surface area contributed by atoms with E-state index in [-0.39, 0.29) is 11.4 Å². The van der Waals surface area contributed by atoms with E-state index in [1.54, 1.807) is 6.08 Å². The van der Waals surface area contributed by atoms with E-state index in [4.69, 9.17) is 16.6 Å². The fraction of sp³-hybridized carbons (Fsp3) is 0.520. The third kappa shape index (κ3) is 4.94. The van der Waals surface area contributed by atoms with E-state index in [1.807, 2.05) is 19.2 Å². The summed E-state index contributed by atoms with van der Waals surface area (Å²) in [5.41, 5.74) is 10.6. The van der Waals surface area contributed by atoms with Gasteiger partial charge in [-0.1, -0.05) is 19.6 Å². The molecule has 1 aromatic carbocycles. The van der Waals surface area contributed by atoms with Crippen LogP contribution in [0.4, 0.5) is 5.69 Å². The number of piperazine rings is 1. The van der Waals surface area contributed by atoms with Crippen LogP contribution in [0.2, 0.25) is 0 Å². The molecule has 0 radical (unpaired) electrons. The van der Waals surface area contributed by atoms with Gasteiger partial charge in [0.15, 0.2) is 0 Å². The third-order valence-electron chi connectivity index (χ3n) is 7.00. The van der Waals surface area contributed by atoms with Gasteiger partial charge in [0.25, 0.3) is 0 Å². The van der Waals surface area contributed by atoms with Crippen molar-refractivity contribution in [3.8, 4) is 0 Å². The minimum atomic E-state index is 0.175. The number of rotatable bonds is 9. The summed E-state index contributed by atoms with van der Waals surface area (Å²) >= 11 is 0. The minimum Gasteiger partial charge on any atom is -0.398 e. The van der Waals surface area contributed by atoms with Crippen LogP contribution in [-0.4, -0.2) is 54.4 Å². The standard InChI is InChI=1S/C25H36N6/c1-17(19-5-6-19)30-10-12-31(13-11-30)23(29-3)15-22(27)24(28)20-14-18(4-7-21(20)26)16-25(2)8-9-25/h4,7,14-15,19,27-29H,1,5-6,8-13,16,26H2,2-3H3/b23-15+,27-22?,28-24?.